The quantitative estimate of drug-likeness (QED) is 0.838. The van der Waals surface area contributed by atoms with Crippen molar-refractivity contribution in [2.24, 2.45) is 0 Å². The fourth-order valence-electron chi connectivity index (χ4n) is 0.836. The van der Waals surface area contributed by atoms with E-state index in [1.807, 2.05) is 6.07 Å². The van der Waals surface area contributed by atoms with Gasteiger partial charge in [0.1, 0.15) is 18.4 Å². The molecule has 74 valence electrons. The summed E-state index contributed by atoms with van der Waals surface area (Å²) in [6.45, 7) is -0.641. The number of hydrogen-bond acceptors (Lipinski definition) is 2. The minimum Gasteiger partial charge on any atom is -0.488 e. The molecule has 0 saturated heterocycles. The van der Waals surface area contributed by atoms with Crippen molar-refractivity contribution in [3.05, 3.63) is 28.2 Å². The SMILES string of the molecule is N#Cc1ccc(OCC(F)F)cc1Br. The molecule has 0 heterocycles. The zero-order chi connectivity index (χ0) is 10.6. The smallest absolute Gasteiger partial charge is 0.272 e. The summed E-state index contributed by atoms with van der Waals surface area (Å²) in [6.07, 6.45) is -2.50. The van der Waals surface area contributed by atoms with Crippen LogP contribution in [0.15, 0.2) is 22.7 Å². The Morgan fingerprint density at radius 3 is 2.71 bits per heavy atom. The van der Waals surface area contributed by atoms with Crippen molar-refractivity contribution in [3.8, 4) is 11.8 Å². The van der Waals surface area contributed by atoms with Gasteiger partial charge in [0, 0.05) is 4.47 Å². The van der Waals surface area contributed by atoms with Gasteiger partial charge >= 0.3 is 0 Å². The monoisotopic (exact) mass is 261 g/mol. The van der Waals surface area contributed by atoms with Gasteiger partial charge in [-0.25, -0.2) is 8.78 Å². The average Bonchev–Trinajstić information content (AvgIpc) is 2.15. The molecule has 0 atom stereocenters. The fraction of sp³-hybridized carbons (Fsp3) is 0.222. The van der Waals surface area contributed by atoms with E-state index >= 15 is 0 Å². The summed E-state index contributed by atoms with van der Waals surface area (Å²) in [5.41, 5.74) is 0.439. The van der Waals surface area contributed by atoms with Crippen LogP contribution in [0.1, 0.15) is 5.56 Å². The minimum atomic E-state index is -2.50. The Kier molecular flexibility index (Phi) is 3.84. The molecule has 5 heteroatoms. The number of nitriles is 1. The number of ether oxygens (including phenoxy) is 1. The van der Waals surface area contributed by atoms with Crippen molar-refractivity contribution in [1.82, 2.24) is 0 Å². The number of alkyl halides is 2. The van der Waals surface area contributed by atoms with E-state index in [0.717, 1.165) is 0 Å². The molecule has 0 aliphatic rings. The molecule has 0 N–H and O–H groups in total. The fourth-order valence-corrected chi connectivity index (χ4v) is 1.28. The van der Waals surface area contributed by atoms with Gasteiger partial charge in [0.15, 0.2) is 0 Å². The van der Waals surface area contributed by atoms with Gasteiger partial charge in [-0.1, -0.05) is 0 Å². The third kappa shape index (κ3) is 2.96. The molecule has 1 aromatic carbocycles. The highest BCUT2D eigenvalue weighted by Crippen LogP contribution is 2.22. The lowest BCUT2D eigenvalue weighted by molar-refractivity contribution is 0.0819. The van der Waals surface area contributed by atoms with Crippen molar-refractivity contribution in [2.75, 3.05) is 6.61 Å². The van der Waals surface area contributed by atoms with Crippen molar-refractivity contribution in [3.63, 3.8) is 0 Å². The van der Waals surface area contributed by atoms with Crippen LogP contribution in [0.5, 0.6) is 5.75 Å². The summed E-state index contributed by atoms with van der Waals surface area (Å²) in [4.78, 5) is 0. The van der Waals surface area contributed by atoms with Crippen LogP contribution in [0.3, 0.4) is 0 Å². The summed E-state index contributed by atoms with van der Waals surface area (Å²) in [5, 5.41) is 8.59. The Bertz CT molecular complexity index is 362. The molecule has 14 heavy (non-hydrogen) atoms. The summed E-state index contributed by atoms with van der Waals surface area (Å²) in [5.74, 6) is 0.316. The van der Waals surface area contributed by atoms with Gasteiger partial charge in [0.25, 0.3) is 6.43 Å². The van der Waals surface area contributed by atoms with Gasteiger partial charge in [0.2, 0.25) is 0 Å². The van der Waals surface area contributed by atoms with Crippen LogP contribution >= 0.6 is 15.9 Å². The third-order valence-corrected chi connectivity index (χ3v) is 2.09. The molecule has 0 spiro atoms. The van der Waals surface area contributed by atoms with Crippen molar-refractivity contribution in [2.45, 2.75) is 6.43 Å². The average molecular weight is 262 g/mol. The molecule has 0 radical (unpaired) electrons. The molecule has 0 fully saturated rings. The van der Waals surface area contributed by atoms with Crippen LogP contribution in [0.2, 0.25) is 0 Å². The lowest BCUT2D eigenvalue weighted by Crippen LogP contribution is -2.06. The lowest BCUT2D eigenvalue weighted by Gasteiger charge is -2.05. The molecular weight excluding hydrogens is 256 g/mol. The minimum absolute atomic E-state index is 0.316. The molecule has 1 rings (SSSR count). The maximum atomic E-state index is 11.8. The summed E-state index contributed by atoms with van der Waals surface area (Å²) in [6, 6.07) is 6.41. The number of nitrogens with zero attached hydrogens (tertiary/aromatic N) is 1. The van der Waals surface area contributed by atoms with Crippen LogP contribution in [-0.2, 0) is 0 Å². The Hall–Kier alpha value is -1.15. The molecule has 0 unspecified atom stereocenters. The largest absolute Gasteiger partial charge is 0.488 e. The van der Waals surface area contributed by atoms with Crippen LogP contribution in [0.25, 0.3) is 0 Å². The predicted molar refractivity (Wildman–Crippen MR) is 50.4 cm³/mol. The molecule has 0 aliphatic heterocycles. The highest BCUT2D eigenvalue weighted by molar-refractivity contribution is 9.10. The molecule has 0 aliphatic carbocycles. The molecular formula is C9H6BrF2NO. The Morgan fingerprint density at radius 1 is 1.50 bits per heavy atom. The first-order valence-electron chi connectivity index (χ1n) is 3.74. The number of rotatable bonds is 3. The van der Waals surface area contributed by atoms with Gasteiger partial charge in [-0.05, 0) is 34.1 Å². The van der Waals surface area contributed by atoms with Crippen molar-refractivity contribution >= 4 is 15.9 Å². The second-order valence-electron chi connectivity index (χ2n) is 2.46. The van der Waals surface area contributed by atoms with Gasteiger partial charge in [0.05, 0.1) is 5.56 Å². The topological polar surface area (TPSA) is 33.0 Å². The van der Waals surface area contributed by atoms with Crippen LogP contribution in [0, 0.1) is 11.3 Å². The van der Waals surface area contributed by atoms with Crippen molar-refractivity contribution < 1.29 is 13.5 Å². The van der Waals surface area contributed by atoms with Crippen molar-refractivity contribution in [1.29, 1.82) is 5.26 Å². The Morgan fingerprint density at radius 2 is 2.21 bits per heavy atom. The first kappa shape index (κ1) is 10.9. The first-order valence-corrected chi connectivity index (χ1v) is 4.53. The van der Waals surface area contributed by atoms with Gasteiger partial charge in [-0.3, -0.25) is 0 Å². The molecule has 0 amide bonds. The lowest BCUT2D eigenvalue weighted by atomic mass is 10.2. The molecule has 2 nitrogen and oxygen atoms in total. The molecule has 0 bridgehead atoms. The van der Waals surface area contributed by atoms with E-state index in [9.17, 15) is 8.78 Å². The Labute approximate surface area is 88.2 Å². The van der Waals surface area contributed by atoms with Crippen LogP contribution in [0.4, 0.5) is 8.78 Å². The highest BCUT2D eigenvalue weighted by Gasteiger charge is 2.05. The van der Waals surface area contributed by atoms with Gasteiger partial charge < -0.3 is 4.74 Å². The van der Waals surface area contributed by atoms with E-state index < -0.39 is 13.0 Å². The third-order valence-electron chi connectivity index (χ3n) is 1.44. The molecule has 0 aromatic heterocycles. The van der Waals surface area contributed by atoms with E-state index in [2.05, 4.69) is 15.9 Å². The predicted octanol–water partition coefficient (Wildman–Crippen LogP) is 2.96. The maximum absolute atomic E-state index is 11.8. The van der Waals surface area contributed by atoms with Gasteiger partial charge in [-0.2, -0.15) is 5.26 Å². The number of halogens is 3. The standard InChI is InChI=1S/C9H6BrF2NO/c10-8-3-7(14-5-9(11)12)2-1-6(8)4-13/h1-3,9H,5H2. The second kappa shape index (κ2) is 4.91. The zero-order valence-electron chi connectivity index (χ0n) is 7.01. The van der Waals surface area contributed by atoms with Crippen LogP contribution in [-0.4, -0.2) is 13.0 Å². The summed E-state index contributed by atoms with van der Waals surface area (Å²) in [7, 11) is 0. The number of benzene rings is 1. The summed E-state index contributed by atoms with van der Waals surface area (Å²) >= 11 is 3.12. The van der Waals surface area contributed by atoms with Crippen LogP contribution < -0.4 is 4.74 Å². The molecule has 1 aromatic rings. The second-order valence-corrected chi connectivity index (χ2v) is 3.31. The van der Waals surface area contributed by atoms with E-state index in [1.165, 1.54) is 18.2 Å². The number of hydrogen-bond donors (Lipinski definition) is 0. The van der Waals surface area contributed by atoms with E-state index in [-0.39, 0.29) is 0 Å². The van der Waals surface area contributed by atoms with E-state index in [4.69, 9.17) is 10.00 Å². The zero-order valence-corrected chi connectivity index (χ0v) is 8.59. The highest BCUT2D eigenvalue weighted by atomic mass is 79.9. The maximum Gasteiger partial charge on any atom is 0.272 e. The molecule has 0 saturated carbocycles. The van der Waals surface area contributed by atoms with E-state index in [0.29, 0.717) is 15.8 Å². The normalized spacial score (nSPS) is 9.93. The summed E-state index contributed by atoms with van der Waals surface area (Å²) < 4.78 is 28.8. The Balaban J connectivity index is 2.73. The van der Waals surface area contributed by atoms with E-state index in [1.54, 1.807) is 0 Å². The van der Waals surface area contributed by atoms with Gasteiger partial charge in [-0.15, -0.1) is 0 Å². The first-order chi connectivity index (χ1) is 6.63.